The number of rotatable bonds is 11. The number of esters is 1. The van der Waals surface area contributed by atoms with E-state index in [0.717, 1.165) is 4.90 Å². The smallest absolute Gasteiger partial charge is 0.416 e. The Bertz CT molecular complexity index is 1580. The SMILES string of the molecule is CC(C)(C)OC(=O)CN(C(=O)OC(C)(C)C)c1ccc(Br)c(C(Cc2ccc(OC(F)F)cc2)NS(=O)(=O)c2cccnc2)n1. The second-order valence-corrected chi connectivity index (χ2v) is 14.3. The largest absolute Gasteiger partial charge is 0.459 e. The molecule has 0 radical (unpaired) electrons. The second-order valence-electron chi connectivity index (χ2n) is 11.8. The van der Waals surface area contributed by atoms with E-state index >= 15 is 0 Å². The van der Waals surface area contributed by atoms with Gasteiger partial charge in [-0.15, -0.1) is 0 Å². The van der Waals surface area contributed by atoms with E-state index in [0.29, 0.717) is 10.0 Å². The molecule has 0 saturated carbocycles. The molecule has 0 saturated heterocycles. The highest BCUT2D eigenvalue weighted by atomic mass is 79.9. The fourth-order valence-corrected chi connectivity index (χ4v) is 5.56. The molecule has 0 aliphatic rings. The van der Waals surface area contributed by atoms with Crippen molar-refractivity contribution in [2.45, 2.75) is 76.7 Å². The Balaban J connectivity index is 2.08. The number of nitrogens with one attached hydrogen (secondary N) is 1. The number of anilines is 1. The van der Waals surface area contributed by atoms with Crippen molar-refractivity contribution >= 4 is 43.8 Å². The summed E-state index contributed by atoms with van der Waals surface area (Å²) in [5.41, 5.74) is -1.04. The van der Waals surface area contributed by atoms with Crippen molar-refractivity contribution in [3.8, 4) is 5.75 Å². The van der Waals surface area contributed by atoms with Crippen LogP contribution in [0.5, 0.6) is 5.75 Å². The number of ether oxygens (including phenoxy) is 3. The maximum absolute atomic E-state index is 13.4. The van der Waals surface area contributed by atoms with Crippen molar-refractivity contribution in [2.75, 3.05) is 11.4 Å². The Morgan fingerprint density at radius 3 is 2.18 bits per heavy atom. The number of nitrogens with zero attached hydrogens (tertiary/aromatic N) is 3. The van der Waals surface area contributed by atoms with Gasteiger partial charge < -0.3 is 14.2 Å². The lowest BCUT2D eigenvalue weighted by atomic mass is 10.0. The van der Waals surface area contributed by atoms with Gasteiger partial charge >= 0.3 is 18.7 Å². The van der Waals surface area contributed by atoms with Gasteiger partial charge in [-0.25, -0.2) is 22.9 Å². The van der Waals surface area contributed by atoms with Crippen molar-refractivity contribution in [3.05, 3.63) is 76.7 Å². The molecule has 0 spiro atoms. The zero-order chi connectivity index (χ0) is 33.6. The van der Waals surface area contributed by atoms with E-state index in [1.807, 2.05) is 0 Å². The summed E-state index contributed by atoms with van der Waals surface area (Å²) in [4.78, 5) is 35.5. The highest BCUT2D eigenvalue weighted by Gasteiger charge is 2.31. The molecule has 1 unspecified atom stereocenters. The molecule has 244 valence electrons. The lowest BCUT2D eigenvalue weighted by Crippen LogP contribution is -2.42. The zero-order valence-electron chi connectivity index (χ0n) is 25.6. The van der Waals surface area contributed by atoms with E-state index < -0.39 is 52.5 Å². The van der Waals surface area contributed by atoms with Crippen molar-refractivity contribution in [3.63, 3.8) is 0 Å². The van der Waals surface area contributed by atoms with E-state index in [1.54, 1.807) is 47.6 Å². The molecule has 11 nitrogen and oxygen atoms in total. The number of carbonyl (C=O) groups is 2. The van der Waals surface area contributed by atoms with Crippen LogP contribution in [0.3, 0.4) is 0 Å². The Morgan fingerprint density at radius 2 is 1.62 bits per heavy atom. The summed E-state index contributed by atoms with van der Waals surface area (Å²) < 4.78 is 70.5. The molecular formula is C30H35BrF2N4O7S. The lowest BCUT2D eigenvalue weighted by Gasteiger charge is -2.28. The third-order valence-corrected chi connectivity index (χ3v) is 7.74. The normalized spacial score (nSPS) is 12.8. The molecule has 2 heterocycles. The highest BCUT2D eigenvalue weighted by molar-refractivity contribution is 9.10. The molecule has 45 heavy (non-hydrogen) atoms. The van der Waals surface area contributed by atoms with Crippen LogP contribution in [0.25, 0.3) is 0 Å². The van der Waals surface area contributed by atoms with Crippen LogP contribution in [0.2, 0.25) is 0 Å². The number of carbonyl (C=O) groups excluding carboxylic acids is 2. The predicted molar refractivity (Wildman–Crippen MR) is 165 cm³/mol. The predicted octanol–water partition coefficient (Wildman–Crippen LogP) is 6.19. The zero-order valence-corrected chi connectivity index (χ0v) is 28.0. The topological polar surface area (TPSA) is 137 Å². The van der Waals surface area contributed by atoms with Gasteiger partial charge in [-0.05, 0) is 106 Å². The minimum absolute atomic E-state index is 0.00199. The van der Waals surface area contributed by atoms with E-state index in [1.165, 1.54) is 54.9 Å². The van der Waals surface area contributed by atoms with Crippen molar-refractivity contribution in [1.82, 2.24) is 14.7 Å². The molecule has 1 aromatic carbocycles. The van der Waals surface area contributed by atoms with Gasteiger partial charge in [0.05, 0.1) is 11.7 Å². The number of sulfonamides is 1. The standard InChI is InChI=1S/C30H35BrF2N4O7S/c1-29(2,3)43-25(38)18-37(28(39)44-30(4,5)6)24-14-13-22(31)26(35-24)23(36-45(40,41)21-8-7-15-34-17-21)16-19-9-11-20(12-10-19)42-27(32)33/h7-15,17,23,27,36H,16,18H2,1-6H3. The van der Waals surface area contributed by atoms with Crippen molar-refractivity contribution in [2.24, 2.45) is 0 Å². The number of hydrogen-bond donors (Lipinski definition) is 1. The van der Waals surface area contributed by atoms with Gasteiger partial charge in [0.15, 0.2) is 0 Å². The van der Waals surface area contributed by atoms with Gasteiger partial charge in [0.1, 0.15) is 34.2 Å². The van der Waals surface area contributed by atoms with Gasteiger partial charge in [-0.2, -0.15) is 8.78 Å². The third-order valence-electron chi connectivity index (χ3n) is 5.62. The number of pyridine rings is 2. The Morgan fingerprint density at radius 1 is 0.978 bits per heavy atom. The summed E-state index contributed by atoms with van der Waals surface area (Å²) in [5, 5.41) is 0. The summed E-state index contributed by atoms with van der Waals surface area (Å²) in [6, 6.07) is 10.5. The summed E-state index contributed by atoms with van der Waals surface area (Å²) in [6.07, 6.45) is 1.73. The van der Waals surface area contributed by atoms with Crippen molar-refractivity contribution < 1.29 is 41.0 Å². The maximum Gasteiger partial charge on any atom is 0.416 e. The van der Waals surface area contributed by atoms with Crippen LogP contribution in [0, 0.1) is 0 Å². The molecule has 1 N–H and O–H groups in total. The van der Waals surface area contributed by atoms with Gasteiger partial charge in [0.25, 0.3) is 0 Å². The number of amides is 1. The molecule has 3 aromatic rings. The molecule has 1 atom stereocenters. The molecule has 0 bridgehead atoms. The van der Waals surface area contributed by atoms with E-state index in [4.69, 9.17) is 9.47 Å². The van der Waals surface area contributed by atoms with Gasteiger partial charge in [0, 0.05) is 16.9 Å². The molecule has 15 heteroatoms. The van der Waals surface area contributed by atoms with Crippen LogP contribution in [0.15, 0.2) is 70.3 Å². The first-order valence-electron chi connectivity index (χ1n) is 13.7. The van der Waals surface area contributed by atoms with Gasteiger partial charge in [0.2, 0.25) is 10.0 Å². The molecule has 1 amide bonds. The quantitative estimate of drug-likeness (QED) is 0.231. The van der Waals surface area contributed by atoms with Crippen LogP contribution in [0.1, 0.15) is 58.8 Å². The monoisotopic (exact) mass is 712 g/mol. The number of aromatic nitrogens is 2. The molecule has 2 aromatic heterocycles. The van der Waals surface area contributed by atoms with Gasteiger partial charge in [-0.1, -0.05) is 12.1 Å². The van der Waals surface area contributed by atoms with E-state index in [9.17, 15) is 26.8 Å². The summed E-state index contributed by atoms with van der Waals surface area (Å²) in [6.45, 7) is 6.50. The minimum Gasteiger partial charge on any atom is -0.459 e. The van der Waals surface area contributed by atoms with Gasteiger partial charge in [-0.3, -0.25) is 14.7 Å². The summed E-state index contributed by atoms with van der Waals surface area (Å²) >= 11 is 3.43. The average Bonchev–Trinajstić information content (AvgIpc) is 2.91. The molecule has 0 aliphatic carbocycles. The third kappa shape index (κ3) is 11.3. The first-order chi connectivity index (χ1) is 20.8. The van der Waals surface area contributed by atoms with Crippen LogP contribution < -0.4 is 14.4 Å². The van der Waals surface area contributed by atoms with Crippen LogP contribution >= 0.6 is 15.9 Å². The average molecular weight is 714 g/mol. The van der Waals surface area contributed by atoms with Crippen LogP contribution in [0.4, 0.5) is 19.4 Å². The number of benzene rings is 1. The minimum atomic E-state index is -4.16. The van der Waals surface area contributed by atoms with E-state index in [-0.39, 0.29) is 28.6 Å². The highest BCUT2D eigenvalue weighted by Crippen LogP contribution is 2.30. The Labute approximate surface area is 269 Å². The molecule has 3 rings (SSSR count). The summed E-state index contributed by atoms with van der Waals surface area (Å²) in [7, 11) is -4.16. The number of alkyl halides is 2. The Hall–Kier alpha value is -3.69. The summed E-state index contributed by atoms with van der Waals surface area (Å²) in [5.74, 6) is -0.809. The fourth-order valence-electron chi connectivity index (χ4n) is 3.90. The van der Waals surface area contributed by atoms with Crippen molar-refractivity contribution in [1.29, 1.82) is 0 Å². The number of hydrogen-bond acceptors (Lipinski definition) is 9. The number of halogens is 3. The molecular weight excluding hydrogens is 678 g/mol. The van der Waals surface area contributed by atoms with E-state index in [2.05, 4.69) is 35.4 Å². The maximum atomic E-state index is 13.4. The molecule has 0 aliphatic heterocycles. The molecule has 0 fully saturated rings. The Kier molecular flexibility index (Phi) is 11.6. The first-order valence-corrected chi connectivity index (χ1v) is 16.0. The lowest BCUT2D eigenvalue weighted by molar-refractivity contribution is -0.153. The van der Waals surface area contributed by atoms with Crippen LogP contribution in [-0.4, -0.2) is 54.8 Å². The first kappa shape index (κ1) is 35.8. The second kappa shape index (κ2) is 14.6. The van der Waals surface area contributed by atoms with Crippen LogP contribution in [-0.2, 0) is 30.7 Å². The fraction of sp³-hybridized carbons (Fsp3) is 0.400.